The number of nitrogens with two attached hydrogens (primary N) is 1. The molecule has 1 heterocycles. The molecule has 1 amide bonds. The van der Waals surface area contributed by atoms with Crippen LogP contribution in [0.3, 0.4) is 0 Å². The quantitative estimate of drug-likeness (QED) is 0.365. The van der Waals surface area contributed by atoms with Crippen LogP contribution in [0, 0.1) is 5.92 Å². The van der Waals surface area contributed by atoms with E-state index < -0.39 is 0 Å². The summed E-state index contributed by atoms with van der Waals surface area (Å²) in [5, 5.41) is 0. The lowest BCUT2D eigenvalue weighted by Gasteiger charge is -2.27. The average molecular weight is 279 g/mol. The van der Waals surface area contributed by atoms with Crippen LogP contribution in [-0.4, -0.2) is 23.3 Å². The number of allylic oxidation sites excluding steroid dienone is 5. The first-order valence-electron chi connectivity index (χ1n) is 6.56. The largest absolute Gasteiger partial charge is 0.340 e. The summed E-state index contributed by atoms with van der Waals surface area (Å²) < 4.78 is -0.184. The lowest BCUT2D eigenvalue weighted by Crippen LogP contribution is -2.55. The zero-order chi connectivity index (χ0) is 14.6. The second-order valence-electron chi connectivity index (χ2n) is 5.51. The Morgan fingerprint density at radius 1 is 1.42 bits per heavy atom. The Balaban J connectivity index is 3.39. The molecule has 2 N–H and O–H groups in total. The van der Waals surface area contributed by atoms with E-state index in [4.69, 9.17) is 5.84 Å². The molecule has 0 aromatic rings. The number of quaternary nitrogens is 1. The zero-order valence-electron chi connectivity index (χ0n) is 12.2. The molecule has 4 heteroatoms. The summed E-state index contributed by atoms with van der Waals surface area (Å²) in [6.07, 6.45) is 7.65. The minimum atomic E-state index is -0.184. The number of carbonyl (C=O) groups is 1. The van der Waals surface area contributed by atoms with Crippen molar-refractivity contribution in [1.82, 2.24) is 0 Å². The summed E-state index contributed by atoms with van der Waals surface area (Å²) in [6, 6.07) is 0. The molecule has 3 nitrogen and oxygen atoms in total. The fourth-order valence-electron chi connectivity index (χ4n) is 2.28. The second-order valence-corrected chi connectivity index (χ2v) is 5.84. The van der Waals surface area contributed by atoms with Gasteiger partial charge in [0.25, 0.3) is 0 Å². The number of hydrogen-bond donors (Lipinski definition) is 1. The van der Waals surface area contributed by atoms with Gasteiger partial charge >= 0.3 is 5.91 Å². The number of hydrogen-bond acceptors (Lipinski definition) is 2. The van der Waals surface area contributed by atoms with Crippen LogP contribution in [0.5, 0.6) is 0 Å². The van der Waals surface area contributed by atoms with Crippen molar-refractivity contribution in [3.63, 3.8) is 0 Å². The molecule has 1 aliphatic rings. The molecular weight excluding hydrogens is 255 g/mol. The molecule has 0 aromatic carbocycles. The number of nitrogens with zero attached hydrogens (tertiary/aromatic N) is 1. The number of carbonyl (C=O) groups excluding carboxylic acids is 1. The average Bonchev–Trinajstić information content (AvgIpc) is 2.39. The topological polar surface area (TPSA) is 43.1 Å². The van der Waals surface area contributed by atoms with Crippen molar-refractivity contribution >= 4 is 20.6 Å². The van der Waals surface area contributed by atoms with E-state index in [2.05, 4.69) is 8.86 Å². The highest BCUT2D eigenvalue weighted by Gasteiger charge is 2.41. The maximum atomic E-state index is 12.4. The minimum Gasteiger partial charge on any atom is -0.228 e. The van der Waals surface area contributed by atoms with Gasteiger partial charge in [-0.25, -0.2) is 4.79 Å². The van der Waals surface area contributed by atoms with Gasteiger partial charge < -0.3 is 0 Å². The van der Waals surface area contributed by atoms with Crippen molar-refractivity contribution in [2.75, 3.05) is 7.05 Å². The summed E-state index contributed by atoms with van der Waals surface area (Å²) >= 11 is 0. The van der Waals surface area contributed by atoms with Gasteiger partial charge in [0.2, 0.25) is 0 Å². The van der Waals surface area contributed by atoms with Crippen LogP contribution in [0.1, 0.15) is 33.6 Å². The lowest BCUT2D eigenvalue weighted by atomic mass is 10.0. The first-order chi connectivity index (χ1) is 8.80. The van der Waals surface area contributed by atoms with E-state index in [1.54, 1.807) is 7.05 Å². The van der Waals surface area contributed by atoms with E-state index in [-0.39, 0.29) is 16.4 Å². The molecule has 104 valence electrons. The number of likely N-dealkylation sites (N-methyl/N-ethyl adjacent to an activating group) is 1. The van der Waals surface area contributed by atoms with E-state index in [9.17, 15) is 4.79 Å². The van der Waals surface area contributed by atoms with E-state index in [0.717, 1.165) is 24.1 Å². The first-order valence-corrected chi connectivity index (χ1v) is 7.13. The van der Waals surface area contributed by atoms with Gasteiger partial charge in [0.1, 0.15) is 0 Å². The second kappa shape index (κ2) is 6.42. The molecule has 2 atom stereocenters. The third-order valence-electron chi connectivity index (χ3n) is 3.41. The highest BCUT2D eigenvalue weighted by atomic mass is 31.0. The summed E-state index contributed by atoms with van der Waals surface area (Å²) in [7, 11) is 5.12. The number of amides is 1. The standard InChI is InChI=1S/C15H24N2OP/c1-11(2)5-8-14-13(9-10-19)7-6-12(3)15(18)17(14,4)16/h5,8-10,12,19H,6-7,16H2,1-4H3/q+1. The van der Waals surface area contributed by atoms with Gasteiger partial charge in [0.05, 0.1) is 13.0 Å². The van der Waals surface area contributed by atoms with Crippen molar-refractivity contribution in [2.24, 2.45) is 11.8 Å². The molecule has 1 aliphatic heterocycles. The summed E-state index contributed by atoms with van der Waals surface area (Å²) in [5.41, 5.74) is 3.15. The summed E-state index contributed by atoms with van der Waals surface area (Å²) in [6.45, 7) is 6.00. The van der Waals surface area contributed by atoms with E-state index in [1.165, 1.54) is 5.57 Å². The van der Waals surface area contributed by atoms with Crippen LogP contribution >= 0.6 is 8.86 Å². The third-order valence-corrected chi connectivity index (χ3v) is 3.58. The maximum absolute atomic E-state index is 12.4. The Bertz CT molecular complexity index is 469. The SMILES string of the molecule is CC(C)=CC=C1C(=CC=P)CCC(C)C(=O)[N+]1(C)N. The van der Waals surface area contributed by atoms with Gasteiger partial charge in [-0.05, 0) is 45.5 Å². The van der Waals surface area contributed by atoms with Gasteiger partial charge in [0, 0.05) is 11.6 Å². The predicted molar refractivity (Wildman–Crippen MR) is 83.8 cm³/mol. The van der Waals surface area contributed by atoms with Crippen molar-refractivity contribution in [3.8, 4) is 0 Å². The molecule has 0 radical (unpaired) electrons. The van der Waals surface area contributed by atoms with Gasteiger partial charge in [-0.2, -0.15) is 10.4 Å². The monoisotopic (exact) mass is 279 g/mol. The van der Waals surface area contributed by atoms with Crippen molar-refractivity contribution in [2.45, 2.75) is 33.6 Å². The highest BCUT2D eigenvalue weighted by Crippen LogP contribution is 2.31. The fraction of sp³-hybridized carbons (Fsp3) is 0.467. The van der Waals surface area contributed by atoms with Crippen LogP contribution in [0.2, 0.25) is 0 Å². The molecule has 1 rings (SSSR count). The zero-order valence-corrected chi connectivity index (χ0v) is 13.2. The van der Waals surface area contributed by atoms with E-state index >= 15 is 0 Å². The van der Waals surface area contributed by atoms with Gasteiger partial charge in [0.15, 0.2) is 5.70 Å². The van der Waals surface area contributed by atoms with Crippen LogP contribution in [0.15, 0.2) is 35.1 Å². The van der Waals surface area contributed by atoms with Crippen LogP contribution in [0.25, 0.3) is 0 Å². The molecule has 0 bridgehead atoms. The van der Waals surface area contributed by atoms with Crippen molar-refractivity contribution in [3.05, 3.63) is 35.1 Å². The Kier molecular flexibility index (Phi) is 5.42. The van der Waals surface area contributed by atoms with Crippen LogP contribution < -0.4 is 5.84 Å². The van der Waals surface area contributed by atoms with Gasteiger partial charge in [-0.3, -0.25) is 0 Å². The molecule has 1 fully saturated rings. The summed E-state index contributed by atoms with van der Waals surface area (Å²) in [4.78, 5) is 12.4. The Morgan fingerprint density at radius 2 is 2.05 bits per heavy atom. The Hall–Kier alpha value is -1.02. The first kappa shape index (κ1) is 16.0. The predicted octanol–water partition coefficient (Wildman–Crippen LogP) is 2.98. The number of rotatable bonds is 2. The Morgan fingerprint density at radius 3 is 2.58 bits per heavy atom. The summed E-state index contributed by atoms with van der Waals surface area (Å²) in [5.74, 6) is 8.13. The normalized spacial score (nSPS) is 32.3. The van der Waals surface area contributed by atoms with E-state index in [0.29, 0.717) is 0 Å². The minimum absolute atomic E-state index is 0.0225. The molecule has 2 unspecified atom stereocenters. The molecule has 0 aromatic heterocycles. The van der Waals surface area contributed by atoms with E-state index in [1.807, 2.05) is 44.8 Å². The molecular formula is C15H24N2OP+. The van der Waals surface area contributed by atoms with Crippen molar-refractivity contribution in [1.29, 1.82) is 0 Å². The highest BCUT2D eigenvalue weighted by molar-refractivity contribution is 7.18. The van der Waals surface area contributed by atoms with Crippen molar-refractivity contribution < 1.29 is 9.39 Å². The smallest absolute Gasteiger partial charge is 0.228 e. The Labute approximate surface area is 118 Å². The maximum Gasteiger partial charge on any atom is 0.340 e. The molecule has 0 saturated carbocycles. The third kappa shape index (κ3) is 3.73. The molecule has 0 aliphatic carbocycles. The molecule has 1 saturated heterocycles. The van der Waals surface area contributed by atoms with Gasteiger partial charge in [-0.1, -0.05) is 11.6 Å². The van der Waals surface area contributed by atoms with Gasteiger partial charge in [-0.15, -0.1) is 8.86 Å². The molecule has 19 heavy (non-hydrogen) atoms. The van der Waals surface area contributed by atoms with Crippen LogP contribution in [0.4, 0.5) is 0 Å². The lowest BCUT2D eigenvalue weighted by molar-refractivity contribution is -0.806. The fourth-order valence-corrected chi connectivity index (χ4v) is 2.48. The number of likely N-dealkylation sites (tertiary alicyclic amines) is 1. The van der Waals surface area contributed by atoms with Crippen LogP contribution in [-0.2, 0) is 4.79 Å². The molecule has 0 spiro atoms.